The van der Waals surface area contributed by atoms with Crippen LogP contribution in [0.25, 0.3) is 11.3 Å². The van der Waals surface area contributed by atoms with Crippen LogP contribution >= 0.6 is 0 Å². The van der Waals surface area contributed by atoms with Crippen LogP contribution in [0.15, 0.2) is 42.6 Å². The smallest absolute Gasteiger partial charge is 0.319 e. The van der Waals surface area contributed by atoms with Gasteiger partial charge in [0.2, 0.25) is 0 Å². The highest BCUT2D eigenvalue weighted by molar-refractivity contribution is 5.88. The molecule has 0 aliphatic rings. The van der Waals surface area contributed by atoms with E-state index in [4.69, 9.17) is 0 Å². The van der Waals surface area contributed by atoms with E-state index in [1.165, 1.54) is 0 Å². The quantitative estimate of drug-likeness (QED) is 0.711. The van der Waals surface area contributed by atoms with Gasteiger partial charge in [-0.3, -0.25) is 15.1 Å². The molecule has 0 saturated heterocycles. The zero-order valence-corrected chi connectivity index (χ0v) is 15.2. The number of aromatic amines is 1. The summed E-state index contributed by atoms with van der Waals surface area (Å²) >= 11 is 0. The summed E-state index contributed by atoms with van der Waals surface area (Å²) in [6.07, 6.45) is 2.68. The van der Waals surface area contributed by atoms with Crippen LogP contribution in [0.5, 0.6) is 0 Å². The summed E-state index contributed by atoms with van der Waals surface area (Å²) < 4.78 is 1.71. The molecule has 0 aliphatic heterocycles. The molecule has 0 unspecified atom stereocenters. The number of anilines is 1. The van der Waals surface area contributed by atoms with E-state index in [9.17, 15) is 4.79 Å². The van der Waals surface area contributed by atoms with Gasteiger partial charge in [-0.05, 0) is 19.4 Å². The summed E-state index contributed by atoms with van der Waals surface area (Å²) in [6, 6.07) is 11.4. The molecular weight excluding hydrogens is 330 g/mol. The largest absolute Gasteiger partial charge is 0.323 e. The fraction of sp³-hybridized carbons (Fsp3) is 0.333. The molecular formula is C18H23N7O. The Bertz CT molecular complexity index is 855. The van der Waals surface area contributed by atoms with Crippen molar-refractivity contribution in [2.45, 2.75) is 32.9 Å². The first-order valence-corrected chi connectivity index (χ1v) is 8.63. The van der Waals surface area contributed by atoms with Gasteiger partial charge in [0.15, 0.2) is 5.82 Å². The number of nitrogens with zero attached hydrogens (tertiary/aromatic N) is 5. The number of aryl methyl sites for hydroxylation is 1. The Morgan fingerprint density at radius 1 is 1.35 bits per heavy atom. The molecule has 1 atom stereocenters. The van der Waals surface area contributed by atoms with Gasteiger partial charge in [0.05, 0.1) is 23.6 Å². The van der Waals surface area contributed by atoms with E-state index in [0.717, 1.165) is 29.9 Å². The molecule has 0 saturated carbocycles. The minimum absolute atomic E-state index is 0.175. The Morgan fingerprint density at radius 3 is 2.85 bits per heavy atom. The van der Waals surface area contributed by atoms with E-state index in [-0.39, 0.29) is 12.1 Å². The number of H-pyrrole nitrogens is 1. The maximum atomic E-state index is 12.5. The second-order valence-electron chi connectivity index (χ2n) is 6.16. The van der Waals surface area contributed by atoms with Crippen LogP contribution in [0, 0.1) is 0 Å². The third-order valence-electron chi connectivity index (χ3n) is 4.24. The van der Waals surface area contributed by atoms with E-state index in [0.29, 0.717) is 5.82 Å². The van der Waals surface area contributed by atoms with Crippen LogP contribution in [0.2, 0.25) is 0 Å². The number of rotatable bonds is 6. The van der Waals surface area contributed by atoms with E-state index in [2.05, 4.69) is 32.7 Å². The average Bonchev–Trinajstić information content (AvgIpc) is 3.31. The van der Waals surface area contributed by atoms with Gasteiger partial charge in [0, 0.05) is 19.2 Å². The van der Waals surface area contributed by atoms with Crippen molar-refractivity contribution in [1.82, 2.24) is 30.1 Å². The summed E-state index contributed by atoms with van der Waals surface area (Å²) in [5, 5.41) is 18.1. The lowest BCUT2D eigenvalue weighted by atomic mass is 10.1. The number of urea groups is 1. The molecule has 2 aromatic heterocycles. The Labute approximate surface area is 152 Å². The Kier molecular flexibility index (Phi) is 5.31. The standard InChI is InChI=1S/C18H23N7O/c1-4-10-25-12-17(22-23-25)19-18(26)24(3)13(2)15-11-16(21-20-15)14-8-6-5-7-9-14/h5-9,11-13H,4,10H2,1-3H3,(H,19,26)(H,20,21)/t13-/m1/s1. The van der Waals surface area contributed by atoms with Gasteiger partial charge < -0.3 is 4.90 Å². The van der Waals surface area contributed by atoms with E-state index in [1.54, 1.807) is 22.8 Å². The van der Waals surface area contributed by atoms with Crippen molar-refractivity contribution in [3.63, 3.8) is 0 Å². The molecule has 0 fully saturated rings. The highest BCUT2D eigenvalue weighted by Gasteiger charge is 2.20. The average molecular weight is 353 g/mol. The van der Waals surface area contributed by atoms with Gasteiger partial charge in [-0.1, -0.05) is 42.5 Å². The zero-order chi connectivity index (χ0) is 18.5. The molecule has 3 rings (SSSR count). The number of aromatic nitrogens is 5. The third kappa shape index (κ3) is 3.90. The van der Waals surface area contributed by atoms with Crippen molar-refractivity contribution in [3.8, 4) is 11.3 Å². The van der Waals surface area contributed by atoms with Gasteiger partial charge in [-0.15, -0.1) is 5.10 Å². The van der Waals surface area contributed by atoms with Crippen molar-refractivity contribution in [1.29, 1.82) is 0 Å². The van der Waals surface area contributed by atoms with Gasteiger partial charge in [0.25, 0.3) is 0 Å². The number of hydrogen-bond donors (Lipinski definition) is 2. The van der Waals surface area contributed by atoms with Crippen molar-refractivity contribution in [2.24, 2.45) is 0 Å². The van der Waals surface area contributed by atoms with Gasteiger partial charge >= 0.3 is 6.03 Å². The molecule has 1 aromatic carbocycles. The van der Waals surface area contributed by atoms with Crippen molar-refractivity contribution in [3.05, 3.63) is 48.3 Å². The Morgan fingerprint density at radius 2 is 2.12 bits per heavy atom. The van der Waals surface area contributed by atoms with E-state index in [1.807, 2.05) is 43.3 Å². The maximum Gasteiger partial charge on any atom is 0.323 e. The predicted molar refractivity (Wildman–Crippen MR) is 99.5 cm³/mol. The Balaban J connectivity index is 1.66. The summed E-state index contributed by atoms with van der Waals surface area (Å²) in [5.41, 5.74) is 2.74. The number of carbonyl (C=O) groups is 1. The lowest BCUT2D eigenvalue weighted by Gasteiger charge is -2.23. The number of benzene rings is 1. The fourth-order valence-electron chi connectivity index (χ4n) is 2.58. The summed E-state index contributed by atoms with van der Waals surface area (Å²) in [7, 11) is 1.74. The van der Waals surface area contributed by atoms with Gasteiger partial charge in [-0.25, -0.2) is 4.79 Å². The molecule has 2 amide bonds. The lowest BCUT2D eigenvalue weighted by molar-refractivity contribution is 0.207. The molecule has 0 bridgehead atoms. The fourth-order valence-corrected chi connectivity index (χ4v) is 2.58. The minimum Gasteiger partial charge on any atom is -0.319 e. The maximum absolute atomic E-state index is 12.5. The molecule has 3 aromatic rings. The molecule has 0 radical (unpaired) electrons. The molecule has 26 heavy (non-hydrogen) atoms. The number of carbonyl (C=O) groups excluding carboxylic acids is 1. The highest BCUT2D eigenvalue weighted by Crippen LogP contribution is 2.23. The molecule has 136 valence electrons. The number of amides is 2. The zero-order valence-electron chi connectivity index (χ0n) is 15.2. The summed E-state index contributed by atoms with van der Waals surface area (Å²) in [5.74, 6) is 0.442. The van der Waals surface area contributed by atoms with Crippen LogP contribution in [0.3, 0.4) is 0 Å². The van der Waals surface area contributed by atoms with Crippen LogP contribution in [-0.2, 0) is 6.54 Å². The summed E-state index contributed by atoms with van der Waals surface area (Å²) in [6.45, 7) is 4.77. The van der Waals surface area contributed by atoms with Crippen molar-refractivity contribution >= 4 is 11.8 Å². The number of hydrogen-bond acceptors (Lipinski definition) is 4. The van der Waals surface area contributed by atoms with Crippen LogP contribution < -0.4 is 5.32 Å². The second-order valence-corrected chi connectivity index (χ2v) is 6.16. The predicted octanol–water partition coefficient (Wildman–Crippen LogP) is 3.30. The number of nitrogens with one attached hydrogen (secondary N) is 2. The highest BCUT2D eigenvalue weighted by atomic mass is 16.2. The van der Waals surface area contributed by atoms with Crippen LogP contribution in [0.1, 0.15) is 32.0 Å². The van der Waals surface area contributed by atoms with Gasteiger partial charge in [-0.2, -0.15) is 5.10 Å². The molecule has 2 N–H and O–H groups in total. The van der Waals surface area contributed by atoms with Gasteiger partial charge in [0.1, 0.15) is 0 Å². The second kappa shape index (κ2) is 7.81. The summed E-state index contributed by atoms with van der Waals surface area (Å²) in [4.78, 5) is 14.1. The third-order valence-corrected chi connectivity index (χ3v) is 4.24. The lowest BCUT2D eigenvalue weighted by Crippen LogP contribution is -2.33. The Hall–Kier alpha value is -3.16. The first-order chi connectivity index (χ1) is 12.6. The van der Waals surface area contributed by atoms with Crippen molar-refractivity contribution in [2.75, 3.05) is 12.4 Å². The minimum atomic E-state index is -0.253. The molecule has 2 heterocycles. The molecule has 8 heteroatoms. The molecule has 0 spiro atoms. The molecule has 0 aliphatic carbocycles. The van der Waals surface area contributed by atoms with Crippen LogP contribution in [0.4, 0.5) is 10.6 Å². The van der Waals surface area contributed by atoms with E-state index < -0.39 is 0 Å². The topological polar surface area (TPSA) is 91.7 Å². The SMILES string of the molecule is CCCn1cc(NC(=O)N(C)[C@H](C)c2cc(-c3ccccc3)n[nH]2)nn1. The van der Waals surface area contributed by atoms with E-state index >= 15 is 0 Å². The van der Waals surface area contributed by atoms with Crippen molar-refractivity contribution < 1.29 is 4.79 Å². The first-order valence-electron chi connectivity index (χ1n) is 8.63. The monoisotopic (exact) mass is 353 g/mol. The molecule has 8 nitrogen and oxygen atoms in total. The van der Waals surface area contributed by atoms with Crippen LogP contribution in [-0.4, -0.2) is 43.2 Å². The first kappa shape index (κ1) is 17.7. The normalized spacial score (nSPS) is 12.0.